The van der Waals surface area contributed by atoms with Gasteiger partial charge < -0.3 is 26.6 Å². The topological polar surface area (TPSA) is 123 Å². The molecule has 6 heteroatoms. The SMILES string of the molecule is CCC(NC(C)C)C(O)c1cc(N)cc2[nH]c(=O)ccc12.O. The predicted octanol–water partition coefficient (Wildman–Crippen LogP) is 1.10. The number of hydrogen-bond donors (Lipinski definition) is 4. The van der Waals surface area contributed by atoms with Crippen LogP contribution in [0.1, 0.15) is 38.9 Å². The van der Waals surface area contributed by atoms with E-state index in [9.17, 15) is 9.90 Å². The number of anilines is 1. The minimum absolute atomic E-state index is 0. The van der Waals surface area contributed by atoms with Crippen LogP contribution in [0.2, 0.25) is 0 Å². The molecule has 1 aromatic carbocycles. The van der Waals surface area contributed by atoms with Crippen molar-refractivity contribution >= 4 is 16.6 Å². The molecule has 0 radical (unpaired) electrons. The molecule has 122 valence electrons. The van der Waals surface area contributed by atoms with E-state index in [0.717, 1.165) is 17.4 Å². The first-order valence-electron chi connectivity index (χ1n) is 7.29. The standard InChI is InChI=1S/C16H23N3O2.H2O/c1-4-13(18-9(2)3)16(21)12-7-10(17)8-14-11(12)5-6-15(20)19-14;/h5-9,13,16,18,21H,4,17H2,1-3H3,(H,19,20);1H2. The fourth-order valence-electron chi connectivity index (χ4n) is 2.64. The first-order valence-corrected chi connectivity index (χ1v) is 7.29. The van der Waals surface area contributed by atoms with Gasteiger partial charge in [0.15, 0.2) is 0 Å². The molecule has 2 atom stereocenters. The average molecular weight is 307 g/mol. The van der Waals surface area contributed by atoms with Crippen LogP contribution in [0.4, 0.5) is 5.69 Å². The van der Waals surface area contributed by atoms with E-state index in [-0.39, 0.29) is 23.1 Å². The van der Waals surface area contributed by atoms with Crippen molar-refractivity contribution in [1.29, 1.82) is 0 Å². The van der Waals surface area contributed by atoms with E-state index >= 15 is 0 Å². The lowest BCUT2D eigenvalue weighted by Crippen LogP contribution is -2.39. The lowest BCUT2D eigenvalue weighted by atomic mass is 9.95. The molecule has 0 spiro atoms. The van der Waals surface area contributed by atoms with Gasteiger partial charge in [-0.15, -0.1) is 0 Å². The molecule has 2 rings (SSSR count). The minimum Gasteiger partial charge on any atom is -0.412 e. The fourth-order valence-corrected chi connectivity index (χ4v) is 2.64. The Kier molecular flexibility index (Phi) is 6.11. The minimum atomic E-state index is -0.686. The Morgan fingerprint density at radius 2 is 2.00 bits per heavy atom. The van der Waals surface area contributed by atoms with Crippen molar-refractivity contribution in [3.8, 4) is 0 Å². The highest BCUT2D eigenvalue weighted by Crippen LogP contribution is 2.28. The van der Waals surface area contributed by atoms with E-state index in [0.29, 0.717) is 11.2 Å². The summed E-state index contributed by atoms with van der Waals surface area (Å²) >= 11 is 0. The van der Waals surface area contributed by atoms with E-state index in [1.54, 1.807) is 18.2 Å². The number of nitrogens with one attached hydrogen (secondary N) is 2. The van der Waals surface area contributed by atoms with Crippen molar-refractivity contribution in [3.63, 3.8) is 0 Å². The van der Waals surface area contributed by atoms with Gasteiger partial charge in [0, 0.05) is 29.2 Å². The predicted molar refractivity (Wildman–Crippen MR) is 89.9 cm³/mol. The number of aliphatic hydroxyl groups is 1. The van der Waals surface area contributed by atoms with Gasteiger partial charge in [-0.05, 0) is 30.2 Å². The molecule has 6 nitrogen and oxygen atoms in total. The average Bonchev–Trinajstić information content (AvgIpc) is 2.42. The zero-order valence-corrected chi connectivity index (χ0v) is 13.2. The van der Waals surface area contributed by atoms with Gasteiger partial charge in [0.1, 0.15) is 0 Å². The monoisotopic (exact) mass is 307 g/mol. The van der Waals surface area contributed by atoms with Crippen LogP contribution >= 0.6 is 0 Å². The largest absolute Gasteiger partial charge is 0.412 e. The Bertz CT molecular complexity index is 682. The lowest BCUT2D eigenvalue weighted by Gasteiger charge is -2.26. The molecule has 0 fully saturated rings. The highest BCUT2D eigenvalue weighted by atomic mass is 16.3. The van der Waals surface area contributed by atoms with Gasteiger partial charge in [0.25, 0.3) is 0 Å². The Morgan fingerprint density at radius 3 is 2.59 bits per heavy atom. The third-order valence-electron chi connectivity index (χ3n) is 3.58. The molecular weight excluding hydrogens is 282 g/mol. The summed E-state index contributed by atoms with van der Waals surface area (Å²) in [5, 5.41) is 14.9. The molecule has 0 saturated heterocycles. The zero-order valence-electron chi connectivity index (χ0n) is 13.2. The summed E-state index contributed by atoms with van der Waals surface area (Å²) in [5.74, 6) is 0. The zero-order chi connectivity index (χ0) is 15.6. The van der Waals surface area contributed by atoms with Crippen LogP contribution in [-0.4, -0.2) is 27.7 Å². The summed E-state index contributed by atoms with van der Waals surface area (Å²) < 4.78 is 0. The van der Waals surface area contributed by atoms with E-state index in [1.165, 1.54) is 6.07 Å². The molecule has 1 aromatic heterocycles. The summed E-state index contributed by atoms with van der Waals surface area (Å²) in [5.41, 5.74) is 7.63. The Hall–Kier alpha value is -1.89. The van der Waals surface area contributed by atoms with Gasteiger partial charge in [-0.2, -0.15) is 0 Å². The number of fused-ring (bicyclic) bond motifs is 1. The Morgan fingerprint density at radius 1 is 1.32 bits per heavy atom. The molecule has 1 heterocycles. The molecule has 0 saturated carbocycles. The normalized spacial score (nSPS) is 13.9. The van der Waals surface area contributed by atoms with Crippen LogP contribution in [-0.2, 0) is 0 Å². The van der Waals surface area contributed by atoms with Crippen LogP contribution < -0.4 is 16.6 Å². The van der Waals surface area contributed by atoms with Gasteiger partial charge in [-0.3, -0.25) is 4.79 Å². The number of aromatic amines is 1. The van der Waals surface area contributed by atoms with E-state index in [1.807, 2.05) is 20.8 Å². The van der Waals surface area contributed by atoms with Crippen LogP contribution in [0.25, 0.3) is 10.9 Å². The van der Waals surface area contributed by atoms with Gasteiger partial charge >= 0.3 is 0 Å². The quantitative estimate of drug-likeness (QED) is 0.617. The van der Waals surface area contributed by atoms with Gasteiger partial charge in [-0.25, -0.2) is 0 Å². The molecule has 0 aliphatic heterocycles. The lowest BCUT2D eigenvalue weighted by molar-refractivity contribution is 0.123. The van der Waals surface area contributed by atoms with Gasteiger partial charge in [-0.1, -0.05) is 20.8 Å². The molecule has 2 aromatic rings. The van der Waals surface area contributed by atoms with Crippen LogP contribution in [0.3, 0.4) is 0 Å². The first-order chi connectivity index (χ1) is 9.92. The maximum Gasteiger partial charge on any atom is 0.248 e. The van der Waals surface area contributed by atoms with Crippen molar-refractivity contribution in [2.45, 2.75) is 45.4 Å². The summed E-state index contributed by atoms with van der Waals surface area (Å²) in [6, 6.07) is 6.89. The number of hydrogen-bond acceptors (Lipinski definition) is 4. The van der Waals surface area contributed by atoms with E-state index in [4.69, 9.17) is 5.73 Å². The third-order valence-corrected chi connectivity index (χ3v) is 3.58. The molecule has 0 amide bonds. The summed E-state index contributed by atoms with van der Waals surface area (Å²) in [7, 11) is 0. The smallest absolute Gasteiger partial charge is 0.248 e. The van der Waals surface area contributed by atoms with Gasteiger partial charge in [0.05, 0.1) is 11.6 Å². The third kappa shape index (κ3) is 3.85. The highest BCUT2D eigenvalue weighted by Gasteiger charge is 2.22. The molecule has 0 aliphatic carbocycles. The van der Waals surface area contributed by atoms with E-state index in [2.05, 4.69) is 10.3 Å². The number of nitrogen functional groups attached to an aromatic ring is 1. The second-order valence-corrected chi connectivity index (χ2v) is 5.67. The second kappa shape index (κ2) is 7.40. The van der Waals surface area contributed by atoms with Crippen LogP contribution in [0.15, 0.2) is 29.1 Å². The number of H-pyrrole nitrogens is 1. The van der Waals surface area contributed by atoms with Crippen molar-refractivity contribution in [2.75, 3.05) is 5.73 Å². The maximum atomic E-state index is 11.4. The number of benzene rings is 1. The van der Waals surface area contributed by atoms with Crippen molar-refractivity contribution in [1.82, 2.24) is 10.3 Å². The molecule has 0 aliphatic rings. The maximum absolute atomic E-state index is 11.4. The van der Waals surface area contributed by atoms with Crippen molar-refractivity contribution < 1.29 is 10.6 Å². The Labute approximate surface area is 129 Å². The molecule has 2 unspecified atom stereocenters. The molecule has 0 bridgehead atoms. The molecule has 22 heavy (non-hydrogen) atoms. The fraction of sp³-hybridized carbons (Fsp3) is 0.438. The number of pyridine rings is 1. The van der Waals surface area contributed by atoms with Crippen LogP contribution in [0, 0.1) is 0 Å². The summed E-state index contributed by atoms with van der Waals surface area (Å²) in [6.07, 6.45) is 0.105. The number of rotatable bonds is 5. The number of aliphatic hydroxyl groups excluding tert-OH is 1. The number of nitrogens with two attached hydrogens (primary N) is 1. The molecule has 7 N–H and O–H groups in total. The van der Waals surface area contributed by atoms with Crippen molar-refractivity contribution in [3.05, 3.63) is 40.2 Å². The van der Waals surface area contributed by atoms with E-state index < -0.39 is 6.10 Å². The first kappa shape index (κ1) is 18.2. The van der Waals surface area contributed by atoms with Gasteiger partial charge in [0.2, 0.25) is 5.56 Å². The Balaban J connectivity index is 0.00000242. The van der Waals surface area contributed by atoms with Crippen LogP contribution in [0.5, 0.6) is 0 Å². The number of aromatic nitrogens is 1. The molecular formula is C16H25N3O3. The van der Waals surface area contributed by atoms with Crippen molar-refractivity contribution in [2.24, 2.45) is 0 Å². The second-order valence-electron chi connectivity index (χ2n) is 5.67. The summed E-state index contributed by atoms with van der Waals surface area (Å²) in [4.78, 5) is 14.2. The highest BCUT2D eigenvalue weighted by molar-refractivity contribution is 5.85. The summed E-state index contributed by atoms with van der Waals surface area (Å²) in [6.45, 7) is 6.12.